The molecule has 0 unspecified atom stereocenters. The second-order valence-corrected chi connectivity index (χ2v) is 7.67. The second-order valence-electron chi connectivity index (χ2n) is 7.67. The maximum Gasteiger partial charge on any atom is 0.232 e. The first-order chi connectivity index (χ1) is 16.6. The van der Waals surface area contributed by atoms with E-state index in [0.717, 1.165) is 11.1 Å². The van der Waals surface area contributed by atoms with Crippen molar-refractivity contribution in [2.45, 2.75) is 13.0 Å². The van der Waals surface area contributed by atoms with Gasteiger partial charge in [-0.2, -0.15) is 5.10 Å². The predicted octanol–water partition coefficient (Wildman–Crippen LogP) is 3.31. The number of anilines is 1. The van der Waals surface area contributed by atoms with Gasteiger partial charge in [-0.15, -0.1) is 0 Å². The first-order valence-corrected chi connectivity index (χ1v) is 11.0. The lowest BCUT2D eigenvalue weighted by Crippen LogP contribution is -2.37. The highest BCUT2D eigenvalue weighted by atomic mass is 19.1. The van der Waals surface area contributed by atoms with Crippen molar-refractivity contribution < 1.29 is 19.4 Å². The number of halogens is 1. The molecule has 8 heteroatoms. The van der Waals surface area contributed by atoms with Crippen LogP contribution in [0.15, 0.2) is 79.1 Å². The maximum absolute atomic E-state index is 13.6. The van der Waals surface area contributed by atoms with E-state index in [1.165, 1.54) is 17.0 Å². The van der Waals surface area contributed by atoms with Crippen LogP contribution in [0.4, 0.5) is 10.2 Å². The zero-order valence-corrected chi connectivity index (χ0v) is 18.5. The lowest BCUT2D eigenvalue weighted by atomic mass is 10.0. The zero-order chi connectivity index (χ0) is 23.9. The first kappa shape index (κ1) is 23.3. The lowest BCUT2D eigenvalue weighted by Gasteiger charge is -2.24. The first-order valence-electron chi connectivity index (χ1n) is 11.0. The standard InChI is InChI=1S/C26H25FN4O3/c27-22-8-6-21(7-9-22)25-24(20-10-12-28-13-11-20)26(31(29-25)15-17-33)30(14-16-32)23(34)18-19-4-2-1-3-5-19/h1-13,32-33H,14-18H2. The summed E-state index contributed by atoms with van der Waals surface area (Å²) in [7, 11) is 0. The average Bonchev–Trinajstić information content (AvgIpc) is 3.23. The summed E-state index contributed by atoms with van der Waals surface area (Å²) in [5.74, 6) is -0.140. The van der Waals surface area contributed by atoms with Crippen molar-refractivity contribution in [3.63, 3.8) is 0 Å². The van der Waals surface area contributed by atoms with Gasteiger partial charge in [0, 0.05) is 18.0 Å². The summed E-state index contributed by atoms with van der Waals surface area (Å²) in [6.45, 7) is -0.279. The summed E-state index contributed by atoms with van der Waals surface area (Å²) in [5, 5.41) is 24.3. The Kier molecular flexibility index (Phi) is 7.41. The van der Waals surface area contributed by atoms with Crippen LogP contribution in [0.25, 0.3) is 22.4 Å². The number of aromatic nitrogens is 3. The Balaban J connectivity index is 1.91. The minimum atomic E-state index is -0.371. The van der Waals surface area contributed by atoms with Crippen molar-refractivity contribution in [2.75, 3.05) is 24.7 Å². The van der Waals surface area contributed by atoms with E-state index in [0.29, 0.717) is 22.6 Å². The molecule has 0 bridgehead atoms. The molecule has 0 aliphatic heterocycles. The van der Waals surface area contributed by atoms with Gasteiger partial charge in [-0.05, 0) is 47.5 Å². The van der Waals surface area contributed by atoms with E-state index in [1.54, 1.807) is 41.3 Å². The highest BCUT2D eigenvalue weighted by Crippen LogP contribution is 2.40. The Labute approximate surface area is 196 Å². The number of hydrogen-bond acceptors (Lipinski definition) is 5. The van der Waals surface area contributed by atoms with Gasteiger partial charge in [-0.3, -0.25) is 14.7 Å². The van der Waals surface area contributed by atoms with Crippen LogP contribution in [-0.2, 0) is 17.8 Å². The molecule has 4 rings (SSSR count). The molecule has 7 nitrogen and oxygen atoms in total. The van der Waals surface area contributed by atoms with Crippen LogP contribution in [0.3, 0.4) is 0 Å². The maximum atomic E-state index is 13.6. The number of aliphatic hydroxyl groups excluding tert-OH is 2. The number of rotatable bonds is 9. The van der Waals surface area contributed by atoms with Gasteiger partial charge in [0.25, 0.3) is 0 Å². The number of pyridine rings is 1. The molecule has 2 N–H and O–H groups in total. The van der Waals surface area contributed by atoms with Gasteiger partial charge in [-0.1, -0.05) is 30.3 Å². The molecule has 2 aromatic carbocycles. The van der Waals surface area contributed by atoms with Crippen molar-refractivity contribution in [3.8, 4) is 22.4 Å². The van der Waals surface area contributed by atoms with Gasteiger partial charge in [0.15, 0.2) is 0 Å². The smallest absolute Gasteiger partial charge is 0.232 e. The molecule has 1 amide bonds. The Hall–Kier alpha value is -3.88. The summed E-state index contributed by atoms with van der Waals surface area (Å²) in [6, 6.07) is 18.9. The third-order valence-corrected chi connectivity index (χ3v) is 5.40. The van der Waals surface area contributed by atoms with Gasteiger partial charge in [-0.25, -0.2) is 9.07 Å². The number of amides is 1. The van der Waals surface area contributed by atoms with Crippen molar-refractivity contribution in [1.82, 2.24) is 14.8 Å². The number of hydrogen-bond donors (Lipinski definition) is 2. The lowest BCUT2D eigenvalue weighted by molar-refractivity contribution is -0.118. The Morgan fingerprint density at radius 3 is 2.26 bits per heavy atom. The van der Waals surface area contributed by atoms with Crippen molar-refractivity contribution >= 4 is 11.7 Å². The molecule has 0 aliphatic carbocycles. The van der Waals surface area contributed by atoms with E-state index in [-0.39, 0.29) is 44.4 Å². The topological polar surface area (TPSA) is 91.5 Å². The van der Waals surface area contributed by atoms with Crippen LogP contribution < -0.4 is 4.90 Å². The molecule has 0 saturated carbocycles. The molecule has 174 valence electrons. The molecule has 0 radical (unpaired) electrons. The Bertz CT molecular complexity index is 1230. The van der Waals surface area contributed by atoms with Crippen molar-refractivity contribution in [3.05, 3.63) is 90.5 Å². The van der Waals surface area contributed by atoms with E-state index >= 15 is 0 Å². The van der Waals surface area contributed by atoms with Crippen LogP contribution in [0.1, 0.15) is 5.56 Å². The zero-order valence-electron chi connectivity index (χ0n) is 18.5. The van der Waals surface area contributed by atoms with E-state index in [1.807, 2.05) is 30.3 Å². The molecule has 34 heavy (non-hydrogen) atoms. The molecule has 0 saturated heterocycles. The highest BCUT2D eigenvalue weighted by molar-refractivity contribution is 6.00. The average molecular weight is 461 g/mol. The Morgan fingerprint density at radius 2 is 1.62 bits per heavy atom. The quantitative estimate of drug-likeness (QED) is 0.400. The second kappa shape index (κ2) is 10.8. The summed E-state index contributed by atoms with van der Waals surface area (Å²) in [5.41, 5.74) is 3.42. The molecular weight excluding hydrogens is 435 g/mol. The van der Waals surface area contributed by atoms with Gasteiger partial charge < -0.3 is 10.2 Å². The normalized spacial score (nSPS) is 10.9. The number of carbonyl (C=O) groups excluding carboxylic acids is 1. The molecule has 0 spiro atoms. The minimum Gasteiger partial charge on any atom is -0.395 e. The van der Waals surface area contributed by atoms with Gasteiger partial charge >= 0.3 is 0 Å². The van der Waals surface area contributed by atoms with E-state index < -0.39 is 0 Å². The van der Waals surface area contributed by atoms with Crippen LogP contribution in [-0.4, -0.2) is 50.6 Å². The fraction of sp³-hybridized carbons (Fsp3) is 0.192. The number of benzene rings is 2. The molecule has 0 fully saturated rings. The monoisotopic (exact) mass is 460 g/mol. The van der Waals surface area contributed by atoms with Gasteiger partial charge in [0.1, 0.15) is 17.3 Å². The molecular formula is C26H25FN4O3. The van der Waals surface area contributed by atoms with Crippen LogP contribution in [0.5, 0.6) is 0 Å². The molecule has 0 atom stereocenters. The van der Waals surface area contributed by atoms with Crippen LogP contribution in [0.2, 0.25) is 0 Å². The van der Waals surface area contributed by atoms with E-state index in [4.69, 9.17) is 5.10 Å². The summed E-state index contributed by atoms with van der Waals surface area (Å²) in [4.78, 5) is 19.1. The fourth-order valence-electron chi connectivity index (χ4n) is 3.89. The minimum absolute atomic E-state index is 0.0454. The highest BCUT2D eigenvalue weighted by Gasteiger charge is 2.28. The van der Waals surface area contributed by atoms with Gasteiger partial charge in [0.05, 0.1) is 38.3 Å². The summed E-state index contributed by atoms with van der Waals surface area (Å²) in [6.07, 6.45) is 3.41. The Morgan fingerprint density at radius 1 is 0.912 bits per heavy atom. The number of aliphatic hydroxyl groups is 2. The molecule has 0 aliphatic rings. The number of carbonyl (C=O) groups is 1. The third-order valence-electron chi connectivity index (χ3n) is 5.40. The van der Waals surface area contributed by atoms with Crippen molar-refractivity contribution in [1.29, 1.82) is 0 Å². The van der Waals surface area contributed by atoms with E-state index in [2.05, 4.69) is 4.98 Å². The van der Waals surface area contributed by atoms with Crippen molar-refractivity contribution in [2.24, 2.45) is 0 Å². The largest absolute Gasteiger partial charge is 0.395 e. The van der Waals surface area contributed by atoms with Crippen LogP contribution in [0, 0.1) is 5.82 Å². The molecule has 2 aromatic heterocycles. The third kappa shape index (κ3) is 5.03. The molecule has 2 heterocycles. The molecule has 4 aromatic rings. The summed E-state index contributed by atoms with van der Waals surface area (Å²) < 4.78 is 15.2. The van der Waals surface area contributed by atoms with E-state index in [9.17, 15) is 19.4 Å². The summed E-state index contributed by atoms with van der Waals surface area (Å²) >= 11 is 0. The van der Waals surface area contributed by atoms with Gasteiger partial charge in [0.2, 0.25) is 5.91 Å². The fourth-order valence-corrected chi connectivity index (χ4v) is 3.89. The predicted molar refractivity (Wildman–Crippen MR) is 128 cm³/mol. The van der Waals surface area contributed by atoms with Crippen LogP contribution >= 0.6 is 0 Å². The number of nitrogens with zero attached hydrogens (tertiary/aromatic N) is 4. The SMILES string of the molecule is O=C(Cc1ccccc1)N(CCO)c1c(-c2ccncc2)c(-c2ccc(F)cc2)nn1CCO.